The van der Waals surface area contributed by atoms with Crippen molar-refractivity contribution in [2.45, 2.75) is 0 Å². The van der Waals surface area contributed by atoms with Crippen molar-refractivity contribution in [1.82, 2.24) is 19.5 Å². The van der Waals surface area contributed by atoms with Crippen LogP contribution in [-0.4, -0.2) is 19.5 Å². The molecule has 55 heavy (non-hydrogen) atoms. The molecule has 0 bridgehead atoms. The second-order valence-electron chi connectivity index (χ2n) is 13.9. The Morgan fingerprint density at radius 3 is 1.64 bits per heavy atom. The van der Waals surface area contributed by atoms with Gasteiger partial charge in [0.15, 0.2) is 17.5 Å². The van der Waals surface area contributed by atoms with Crippen molar-refractivity contribution in [3.8, 4) is 39.9 Å². The highest BCUT2D eigenvalue weighted by Gasteiger charge is 2.23. The van der Waals surface area contributed by atoms with E-state index in [2.05, 4.69) is 120 Å². The van der Waals surface area contributed by atoms with Gasteiger partial charge in [-0.2, -0.15) is 0 Å². The lowest BCUT2D eigenvalue weighted by molar-refractivity contribution is 0.665. The molecule has 12 rings (SSSR count). The van der Waals surface area contributed by atoms with E-state index in [1.807, 2.05) is 54.6 Å². The molecule has 0 aliphatic rings. The van der Waals surface area contributed by atoms with Crippen LogP contribution in [0.4, 0.5) is 0 Å². The molecule has 6 nitrogen and oxygen atoms in total. The summed E-state index contributed by atoms with van der Waals surface area (Å²) in [6.07, 6.45) is 0. The molecule has 256 valence electrons. The maximum Gasteiger partial charge on any atom is 0.167 e. The first kappa shape index (κ1) is 29.9. The third kappa shape index (κ3) is 4.39. The van der Waals surface area contributed by atoms with Crippen LogP contribution in [0, 0.1) is 0 Å². The smallest absolute Gasteiger partial charge is 0.167 e. The summed E-state index contributed by atoms with van der Waals surface area (Å²) in [5, 5.41) is 8.61. The fraction of sp³-hybridized carbons (Fsp3) is 0. The average molecular weight is 705 g/mol. The summed E-state index contributed by atoms with van der Waals surface area (Å²) in [6.45, 7) is 0. The monoisotopic (exact) mass is 704 g/mol. The van der Waals surface area contributed by atoms with Crippen LogP contribution < -0.4 is 0 Å². The summed E-state index contributed by atoms with van der Waals surface area (Å²) in [4.78, 5) is 15.3. The number of para-hydroxylation sites is 4. The highest BCUT2D eigenvalue weighted by Crippen LogP contribution is 2.46. The van der Waals surface area contributed by atoms with Gasteiger partial charge < -0.3 is 13.4 Å². The van der Waals surface area contributed by atoms with Gasteiger partial charge >= 0.3 is 0 Å². The summed E-state index contributed by atoms with van der Waals surface area (Å²) >= 11 is 0. The number of fused-ring (bicyclic) bond motifs is 13. The van der Waals surface area contributed by atoms with Crippen molar-refractivity contribution in [2.24, 2.45) is 0 Å². The maximum absolute atomic E-state index is 6.98. The minimum Gasteiger partial charge on any atom is -0.455 e. The zero-order chi connectivity index (χ0) is 36.0. The van der Waals surface area contributed by atoms with Crippen molar-refractivity contribution in [3.05, 3.63) is 170 Å². The van der Waals surface area contributed by atoms with E-state index in [1.165, 1.54) is 10.8 Å². The van der Waals surface area contributed by atoms with Gasteiger partial charge in [0.05, 0.1) is 22.0 Å². The summed E-state index contributed by atoms with van der Waals surface area (Å²) in [5.41, 5.74) is 9.14. The van der Waals surface area contributed by atoms with Crippen molar-refractivity contribution < 1.29 is 8.83 Å². The van der Waals surface area contributed by atoms with Gasteiger partial charge in [-0.3, -0.25) is 0 Å². The van der Waals surface area contributed by atoms with Crippen LogP contribution >= 0.6 is 0 Å². The second-order valence-corrected chi connectivity index (χ2v) is 13.9. The van der Waals surface area contributed by atoms with Gasteiger partial charge in [-0.15, -0.1) is 0 Å². The zero-order valence-electron chi connectivity index (χ0n) is 29.3. The molecule has 0 fully saturated rings. The Labute approximate surface area is 313 Å². The van der Waals surface area contributed by atoms with Gasteiger partial charge in [0.25, 0.3) is 0 Å². The largest absolute Gasteiger partial charge is 0.455 e. The van der Waals surface area contributed by atoms with Gasteiger partial charge in [-0.05, 0) is 53.9 Å². The molecule has 0 aliphatic heterocycles. The van der Waals surface area contributed by atoms with E-state index < -0.39 is 0 Å². The van der Waals surface area contributed by atoms with E-state index in [4.69, 9.17) is 23.8 Å². The molecule has 0 amide bonds. The third-order valence-electron chi connectivity index (χ3n) is 10.9. The number of furan rings is 2. The first-order valence-corrected chi connectivity index (χ1v) is 18.4. The Bertz CT molecular complexity index is 3430. The highest BCUT2D eigenvalue weighted by atomic mass is 16.3. The van der Waals surface area contributed by atoms with Gasteiger partial charge in [0, 0.05) is 49.1 Å². The van der Waals surface area contributed by atoms with E-state index in [-0.39, 0.29) is 0 Å². The number of hydrogen-bond donors (Lipinski definition) is 0. The highest BCUT2D eigenvalue weighted by molar-refractivity contribution is 6.34. The SMILES string of the molecule is c1ccc(-c2nc(-c3ccc(-n4c5ccccc5c5ccccc54)cc3)nc(-c3cccc4c3oc3c4c4ccccc4c4oc5ccccc5c43)n2)cc1. The summed E-state index contributed by atoms with van der Waals surface area (Å²) in [6, 6.07) is 58.4. The molecular formula is C49H28N4O2. The Hall–Kier alpha value is -7.57. The van der Waals surface area contributed by atoms with Crippen molar-refractivity contribution >= 4 is 76.5 Å². The van der Waals surface area contributed by atoms with Crippen LogP contribution in [0.5, 0.6) is 0 Å². The predicted octanol–water partition coefficient (Wildman–Crippen LogP) is 12.9. The van der Waals surface area contributed by atoms with Crippen LogP contribution in [0.3, 0.4) is 0 Å². The second kappa shape index (κ2) is 11.5. The first-order chi connectivity index (χ1) is 27.3. The Morgan fingerprint density at radius 2 is 0.909 bits per heavy atom. The van der Waals surface area contributed by atoms with Crippen molar-refractivity contribution in [1.29, 1.82) is 0 Å². The fourth-order valence-electron chi connectivity index (χ4n) is 8.40. The number of rotatable bonds is 4. The van der Waals surface area contributed by atoms with Gasteiger partial charge in [0.2, 0.25) is 0 Å². The number of hydrogen-bond acceptors (Lipinski definition) is 5. The molecule has 0 saturated heterocycles. The molecule has 12 aromatic rings. The number of aromatic nitrogens is 4. The molecule has 0 atom stereocenters. The summed E-state index contributed by atoms with van der Waals surface area (Å²) < 4.78 is 15.8. The quantitative estimate of drug-likeness (QED) is 0.182. The maximum atomic E-state index is 6.98. The topological polar surface area (TPSA) is 69.9 Å². The molecule has 0 N–H and O–H groups in total. The molecule has 0 aliphatic carbocycles. The molecule has 0 saturated carbocycles. The lowest BCUT2D eigenvalue weighted by Crippen LogP contribution is -2.00. The van der Waals surface area contributed by atoms with Gasteiger partial charge in [0.1, 0.15) is 22.3 Å². The van der Waals surface area contributed by atoms with E-state index in [0.717, 1.165) is 88.1 Å². The normalized spacial score (nSPS) is 12.0. The fourth-order valence-corrected chi connectivity index (χ4v) is 8.40. The number of benzene rings is 8. The van der Waals surface area contributed by atoms with Crippen LogP contribution in [0.2, 0.25) is 0 Å². The molecular weight excluding hydrogens is 677 g/mol. The van der Waals surface area contributed by atoms with E-state index in [9.17, 15) is 0 Å². The van der Waals surface area contributed by atoms with Crippen LogP contribution in [0.15, 0.2) is 179 Å². The van der Waals surface area contributed by atoms with Crippen LogP contribution in [0.25, 0.3) is 116 Å². The first-order valence-electron chi connectivity index (χ1n) is 18.4. The standard InChI is InChI=1S/C49H28N4O2/c1-2-13-29(14-3-1)47-50-48(30-25-27-31(28-26-30)53-39-22-9-6-15-32(39)33-16-7-10-23-40(33)53)52-49(51-47)38-21-12-20-37-42-34-17-4-5-18-35(34)45-43(46(42)55-44(37)38)36-19-8-11-24-41(36)54-45/h1-28H. The van der Waals surface area contributed by atoms with E-state index in [0.29, 0.717) is 17.5 Å². The minimum atomic E-state index is 0.539. The van der Waals surface area contributed by atoms with Crippen LogP contribution in [0.1, 0.15) is 0 Å². The molecule has 0 spiro atoms. The lowest BCUT2D eigenvalue weighted by atomic mass is 9.99. The van der Waals surface area contributed by atoms with Gasteiger partial charge in [-0.25, -0.2) is 15.0 Å². The van der Waals surface area contributed by atoms with E-state index in [1.54, 1.807) is 0 Å². The minimum absolute atomic E-state index is 0.539. The molecule has 0 unspecified atom stereocenters. The third-order valence-corrected chi connectivity index (χ3v) is 10.9. The van der Waals surface area contributed by atoms with Crippen LogP contribution in [-0.2, 0) is 0 Å². The van der Waals surface area contributed by atoms with E-state index >= 15 is 0 Å². The Morgan fingerprint density at radius 1 is 0.345 bits per heavy atom. The Balaban J connectivity index is 1.08. The molecule has 8 aromatic carbocycles. The molecule has 6 heteroatoms. The molecule has 4 aromatic heterocycles. The van der Waals surface area contributed by atoms with Crippen molar-refractivity contribution in [2.75, 3.05) is 0 Å². The predicted molar refractivity (Wildman–Crippen MR) is 223 cm³/mol. The van der Waals surface area contributed by atoms with Gasteiger partial charge in [-0.1, -0.05) is 121 Å². The number of nitrogens with zero attached hydrogens (tertiary/aromatic N) is 4. The lowest BCUT2D eigenvalue weighted by Gasteiger charge is -2.11. The average Bonchev–Trinajstić information content (AvgIpc) is 3.94. The van der Waals surface area contributed by atoms with Crippen molar-refractivity contribution in [3.63, 3.8) is 0 Å². The Kier molecular flexibility index (Phi) is 6.24. The summed E-state index contributed by atoms with van der Waals surface area (Å²) in [5.74, 6) is 1.71. The molecule has 4 heterocycles. The molecule has 0 radical (unpaired) electrons. The zero-order valence-corrected chi connectivity index (χ0v) is 29.3. The summed E-state index contributed by atoms with van der Waals surface area (Å²) in [7, 11) is 0.